The van der Waals surface area contributed by atoms with E-state index in [2.05, 4.69) is 69.5 Å². The molecule has 2 unspecified atom stereocenters. The van der Waals surface area contributed by atoms with Gasteiger partial charge in [-0.25, -0.2) is 14.7 Å². The SMILES string of the molecule is CC1CCN(c2ncccc2C(=O)NS(=O)(=O)c2cccc(N3CCCC(Cc4ccccc4)C3)n2)C1(C)C. The van der Waals surface area contributed by atoms with E-state index in [0.29, 0.717) is 23.5 Å². The summed E-state index contributed by atoms with van der Waals surface area (Å²) in [4.78, 5) is 26.5. The number of nitrogens with zero attached hydrogens (tertiary/aromatic N) is 4. The highest BCUT2D eigenvalue weighted by Crippen LogP contribution is 2.38. The van der Waals surface area contributed by atoms with Gasteiger partial charge in [-0.2, -0.15) is 8.42 Å². The molecule has 206 valence electrons. The Balaban J connectivity index is 1.32. The van der Waals surface area contributed by atoms with Crippen molar-refractivity contribution in [2.75, 3.05) is 29.4 Å². The second kappa shape index (κ2) is 11.0. The summed E-state index contributed by atoms with van der Waals surface area (Å²) in [6, 6.07) is 18.6. The zero-order valence-corrected chi connectivity index (χ0v) is 23.7. The number of sulfonamides is 1. The van der Waals surface area contributed by atoms with Gasteiger partial charge in [-0.15, -0.1) is 0 Å². The number of nitrogens with one attached hydrogen (secondary N) is 1. The molecule has 2 aromatic heterocycles. The summed E-state index contributed by atoms with van der Waals surface area (Å²) in [5.41, 5.74) is 1.34. The average Bonchev–Trinajstić information content (AvgIpc) is 3.20. The van der Waals surface area contributed by atoms with E-state index in [0.717, 1.165) is 45.3 Å². The van der Waals surface area contributed by atoms with Gasteiger partial charge >= 0.3 is 0 Å². The third-order valence-corrected chi connectivity index (χ3v) is 9.63. The summed E-state index contributed by atoms with van der Waals surface area (Å²) in [6.45, 7) is 8.80. The summed E-state index contributed by atoms with van der Waals surface area (Å²) >= 11 is 0. The number of hydrogen-bond acceptors (Lipinski definition) is 7. The molecule has 3 aromatic rings. The number of rotatable bonds is 7. The minimum atomic E-state index is -4.19. The van der Waals surface area contributed by atoms with Crippen LogP contribution in [0.15, 0.2) is 71.9 Å². The van der Waals surface area contributed by atoms with Gasteiger partial charge in [-0.1, -0.05) is 43.3 Å². The number of benzene rings is 1. The molecule has 0 radical (unpaired) electrons. The normalized spacial score (nSPS) is 21.1. The lowest BCUT2D eigenvalue weighted by Crippen LogP contribution is -2.43. The molecule has 1 amide bonds. The van der Waals surface area contributed by atoms with Crippen LogP contribution in [0.3, 0.4) is 0 Å². The van der Waals surface area contributed by atoms with Crippen molar-refractivity contribution in [3.63, 3.8) is 0 Å². The van der Waals surface area contributed by atoms with Gasteiger partial charge in [0.25, 0.3) is 15.9 Å². The number of aromatic nitrogens is 2. The summed E-state index contributed by atoms with van der Waals surface area (Å²) in [5, 5.41) is -0.168. The van der Waals surface area contributed by atoms with Gasteiger partial charge in [0.2, 0.25) is 0 Å². The molecule has 2 saturated heterocycles. The molecule has 0 aliphatic carbocycles. The molecule has 9 heteroatoms. The van der Waals surface area contributed by atoms with Gasteiger partial charge < -0.3 is 9.80 Å². The molecular weight excluding hydrogens is 510 g/mol. The fourth-order valence-electron chi connectivity index (χ4n) is 5.74. The first-order chi connectivity index (χ1) is 18.6. The van der Waals surface area contributed by atoms with Crippen molar-refractivity contribution in [2.45, 2.75) is 57.0 Å². The second-order valence-corrected chi connectivity index (χ2v) is 12.9. The van der Waals surface area contributed by atoms with Gasteiger partial charge in [0, 0.05) is 31.4 Å². The van der Waals surface area contributed by atoms with Gasteiger partial charge in [-0.05, 0) is 81.2 Å². The lowest BCUT2D eigenvalue weighted by Gasteiger charge is -2.36. The molecular formula is C30H37N5O3S. The zero-order chi connectivity index (χ0) is 27.6. The maximum atomic E-state index is 13.3. The average molecular weight is 548 g/mol. The van der Waals surface area contributed by atoms with Crippen LogP contribution in [0.2, 0.25) is 0 Å². The van der Waals surface area contributed by atoms with Crippen LogP contribution in [-0.2, 0) is 16.4 Å². The minimum absolute atomic E-state index is 0.168. The van der Waals surface area contributed by atoms with Gasteiger partial charge in [0.15, 0.2) is 5.03 Å². The van der Waals surface area contributed by atoms with E-state index in [9.17, 15) is 13.2 Å². The van der Waals surface area contributed by atoms with E-state index in [4.69, 9.17) is 0 Å². The lowest BCUT2D eigenvalue weighted by molar-refractivity contribution is 0.0981. The predicted molar refractivity (Wildman–Crippen MR) is 153 cm³/mol. The minimum Gasteiger partial charge on any atom is -0.356 e. The molecule has 4 heterocycles. The first-order valence-corrected chi connectivity index (χ1v) is 15.2. The lowest BCUT2D eigenvalue weighted by atomic mass is 9.90. The van der Waals surface area contributed by atoms with E-state index in [1.807, 2.05) is 12.1 Å². The molecule has 39 heavy (non-hydrogen) atoms. The van der Waals surface area contributed by atoms with Crippen LogP contribution in [0, 0.1) is 11.8 Å². The van der Waals surface area contributed by atoms with Crippen molar-refractivity contribution < 1.29 is 13.2 Å². The van der Waals surface area contributed by atoms with Crippen LogP contribution in [0.5, 0.6) is 0 Å². The smallest absolute Gasteiger partial charge is 0.281 e. The molecule has 0 spiro atoms. The Morgan fingerprint density at radius 2 is 1.82 bits per heavy atom. The Hall–Kier alpha value is -3.46. The second-order valence-electron chi connectivity index (χ2n) is 11.3. The van der Waals surface area contributed by atoms with Gasteiger partial charge in [-0.3, -0.25) is 4.79 Å². The number of anilines is 2. The van der Waals surface area contributed by atoms with Gasteiger partial charge in [0.1, 0.15) is 11.6 Å². The Morgan fingerprint density at radius 3 is 2.56 bits per heavy atom. The van der Waals surface area contributed by atoms with E-state index in [-0.39, 0.29) is 16.1 Å². The first kappa shape index (κ1) is 27.1. The fraction of sp³-hybridized carbons (Fsp3) is 0.433. The summed E-state index contributed by atoms with van der Waals surface area (Å²) in [7, 11) is -4.19. The van der Waals surface area contributed by atoms with Crippen LogP contribution in [0.25, 0.3) is 0 Å². The Bertz CT molecular complexity index is 1430. The van der Waals surface area contributed by atoms with Crippen LogP contribution >= 0.6 is 0 Å². The van der Waals surface area contributed by atoms with Crippen LogP contribution in [-0.4, -0.2) is 49.5 Å². The van der Waals surface area contributed by atoms with Crippen LogP contribution in [0.4, 0.5) is 11.6 Å². The standard InChI is InChI=1S/C30H37N5O3S/c1-22-16-19-35(30(22,2)3)28-25(13-8-17-31-28)29(36)33-39(37,38)27-15-7-14-26(32-27)34-18-9-12-24(21-34)20-23-10-5-4-6-11-23/h4-8,10-11,13-15,17,22,24H,9,12,16,18-21H2,1-3H3,(H,33,36). The monoisotopic (exact) mass is 547 g/mol. The maximum absolute atomic E-state index is 13.3. The van der Waals surface area contributed by atoms with Crippen molar-refractivity contribution in [3.05, 3.63) is 78.0 Å². The molecule has 1 N–H and O–H groups in total. The van der Waals surface area contributed by atoms with E-state index >= 15 is 0 Å². The molecule has 2 aliphatic heterocycles. The number of pyridine rings is 2. The highest BCUT2D eigenvalue weighted by Gasteiger charge is 2.40. The first-order valence-electron chi connectivity index (χ1n) is 13.7. The van der Waals surface area contributed by atoms with Crippen LogP contribution < -0.4 is 14.5 Å². The third-order valence-electron chi connectivity index (χ3n) is 8.40. The van der Waals surface area contributed by atoms with Crippen molar-refractivity contribution in [1.82, 2.24) is 14.7 Å². The number of hydrogen-bond donors (Lipinski definition) is 1. The fourth-order valence-corrected chi connectivity index (χ4v) is 6.67. The van der Waals surface area contributed by atoms with Gasteiger partial charge in [0.05, 0.1) is 5.56 Å². The number of piperidine rings is 1. The number of carbonyl (C=O) groups is 1. The number of carbonyl (C=O) groups excluding carboxylic acids is 1. The Morgan fingerprint density at radius 1 is 1.03 bits per heavy atom. The van der Waals surface area contributed by atoms with Crippen LogP contribution in [0.1, 0.15) is 56.0 Å². The van der Waals surface area contributed by atoms with Crippen molar-refractivity contribution in [1.29, 1.82) is 0 Å². The van der Waals surface area contributed by atoms with Crippen molar-refractivity contribution in [2.24, 2.45) is 11.8 Å². The molecule has 1 aromatic carbocycles. The molecule has 2 aliphatic rings. The van der Waals surface area contributed by atoms with Crippen molar-refractivity contribution in [3.8, 4) is 0 Å². The highest BCUT2D eigenvalue weighted by atomic mass is 32.2. The molecule has 8 nitrogen and oxygen atoms in total. The third kappa shape index (κ3) is 5.78. The molecule has 0 bridgehead atoms. The highest BCUT2D eigenvalue weighted by molar-refractivity contribution is 7.90. The van der Waals surface area contributed by atoms with E-state index in [1.54, 1.807) is 24.4 Å². The molecule has 0 saturated carbocycles. The molecule has 2 fully saturated rings. The number of amides is 1. The summed E-state index contributed by atoms with van der Waals surface area (Å²) in [5.74, 6) is 1.27. The zero-order valence-electron chi connectivity index (χ0n) is 22.9. The van der Waals surface area contributed by atoms with E-state index < -0.39 is 15.9 Å². The largest absolute Gasteiger partial charge is 0.356 e. The molecule has 2 atom stereocenters. The predicted octanol–water partition coefficient (Wildman–Crippen LogP) is 4.68. The summed E-state index contributed by atoms with van der Waals surface area (Å²) < 4.78 is 28.9. The Kier molecular flexibility index (Phi) is 7.62. The molecule has 5 rings (SSSR count). The van der Waals surface area contributed by atoms with Crippen molar-refractivity contribution >= 4 is 27.6 Å². The maximum Gasteiger partial charge on any atom is 0.281 e. The van der Waals surface area contributed by atoms with E-state index in [1.165, 1.54) is 11.6 Å². The summed E-state index contributed by atoms with van der Waals surface area (Å²) in [6.07, 6.45) is 5.73. The Labute approximate surface area is 231 Å². The quantitative estimate of drug-likeness (QED) is 0.459. The topological polar surface area (TPSA) is 95.5 Å².